The summed E-state index contributed by atoms with van der Waals surface area (Å²) >= 11 is 0. The van der Waals surface area contributed by atoms with Crippen molar-refractivity contribution >= 4 is 5.91 Å². The third-order valence-electron chi connectivity index (χ3n) is 15.3. The van der Waals surface area contributed by atoms with Crippen molar-refractivity contribution in [2.45, 2.75) is 385 Å². The first-order valence-corrected chi connectivity index (χ1v) is 32.0. The number of aliphatic hydroxyl groups excluding tert-OH is 3. The van der Waals surface area contributed by atoms with Crippen molar-refractivity contribution in [2.24, 2.45) is 0 Å². The molecular formula is C64H127NO4. The van der Waals surface area contributed by atoms with Crippen molar-refractivity contribution in [1.29, 1.82) is 0 Å². The summed E-state index contributed by atoms with van der Waals surface area (Å²) in [5.74, 6) is -0.306. The molecule has 0 aliphatic heterocycles. The molecule has 5 nitrogen and oxygen atoms in total. The molecule has 5 heteroatoms. The summed E-state index contributed by atoms with van der Waals surface area (Å²) in [7, 11) is 0. The second-order valence-corrected chi connectivity index (χ2v) is 22.4. The average molecular weight is 975 g/mol. The SMILES string of the molecule is CCCCCCCCCCCCCCCCCCCCCCCC/C=C/C(O)C(CO)NC(=O)CC(O)CCCCCCCCCCCCCCCCCCCCCCCCCCCCCCCC. The number of rotatable bonds is 60. The molecule has 0 spiro atoms. The summed E-state index contributed by atoms with van der Waals surface area (Å²) in [6.45, 7) is 4.27. The number of hydrogen-bond donors (Lipinski definition) is 4. The smallest absolute Gasteiger partial charge is 0.222 e. The number of aliphatic hydroxyl groups is 3. The van der Waals surface area contributed by atoms with Gasteiger partial charge in [-0.2, -0.15) is 0 Å². The van der Waals surface area contributed by atoms with Gasteiger partial charge in [0.2, 0.25) is 5.91 Å². The molecule has 0 aromatic carbocycles. The molecule has 69 heavy (non-hydrogen) atoms. The number of amides is 1. The van der Waals surface area contributed by atoms with Gasteiger partial charge in [-0.25, -0.2) is 0 Å². The van der Waals surface area contributed by atoms with Gasteiger partial charge in [-0.15, -0.1) is 0 Å². The summed E-state index contributed by atoms with van der Waals surface area (Å²) in [6.07, 6.45) is 75.8. The maximum atomic E-state index is 12.6. The zero-order chi connectivity index (χ0) is 50.0. The molecule has 0 saturated carbocycles. The van der Waals surface area contributed by atoms with Crippen LogP contribution in [-0.4, -0.2) is 46.1 Å². The fourth-order valence-electron chi connectivity index (χ4n) is 10.5. The number of unbranched alkanes of at least 4 members (excludes halogenated alkanes) is 51. The summed E-state index contributed by atoms with van der Waals surface area (Å²) in [4.78, 5) is 12.6. The molecule has 3 unspecified atom stereocenters. The maximum absolute atomic E-state index is 12.6. The molecule has 0 heterocycles. The normalized spacial score (nSPS) is 13.2. The van der Waals surface area contributed by atoms with Crippen molar-refractivity contribution in [1.82, 2.24) is 5.32 Å². The second kappa shape index (κ2) is 59.7. The molecule has 3 atom stereocenters. The minimum absolute atomic E-state index is 0.0198. The second-order valence-electron chi connectivity index (χ2n) is 22.4. The molecule has 0 radical (unpaired) electrons. The van der Waals surface area contributed by atoms with Crippen LogP contribution in [0, 0.1) is 0 Å². The summed E-state index contributed by atoms with van der Waals surface area (Å²) < 4.78 is 0. The Morgan fingerprint density at radius 2 is 0.594 bits per heavy atom. The molecule has 4 N–H and O–H groups in total. The van der Waals surface area contributed by atoms with Crippen LogP contribution in [0.25, 0.3) is 0 Å². The summed E-state index contributed by atoms with van der Waals surface area (Å²) in [6, 6.07) is -0.742. The van der Waals surface area contributed by atoms with Gasteiger partial charge < -0.3 is 20.6 Å². The lowest BCUT2D eigenvalue weighted by atomic mass is 10.0. The van der Waals surface area contributed by atoms with Crippen molar-refractivity contribution in [2.75, 3.05) is 6.61 Å². The van der Waals surface area contributed by atoms with E-state index in [0.717, 1.165) is 25.7 Å². The van der Waals surface area contributed by atoms with E-state index in [0.29, 0.717) is 6.42 Å². The first-order chi connectivity index (χ1) is 34.0. The van der Waals surface area contributed by atoms with Gasteiger partial charge in [-0.3, -0.25) is 4.79 Å². The van der Waals surface area contributed by atoms with Crippen molar-refractivity contribution in [3.63, 3.8) is 0 Å². The molecule has 0 saturated heterocycles. The Morgan fingerprint density at radius 1 is 0.362 bits per heavy atom. The van der Waals surface area contributed by atoms with Crippen molar-refractivity contribution in [3.8, 4) is 0 Å². The average Bonchev–Trinajstić information content (AvgIpc) is 3.35. The topological polar surface area (TPSA) is 89.8 Å². The fourth-order valence-corrected chi connectivity index (χ4v) is 10.5. The number of nitrogens with one attached hydrogen (secondary N) is 1. The predicted octanol–water partition coefficient (Wildman–Crippen LogP) is 20.2. The van der Waals surface area contributed by atoms with E-state index in [2.05, 4.69) is 19.2 Å². The molecule has 0 aromatic heterocycles. The Balaban J connectivity index is 3.49. The largest absolute Gasteiger partial charge is 0.394 e. The minimum atomic E-state index is -0.927. The zero-order valence-corrected chi connectivity index (χ0v) is 47.2. The number of allylic oxidation sites excluding steroid dienone is 1. The highest BCUT2D eigenvalue weighted by molar-refractivity contribution is 5.76. The Bertz CT molecular complexity index is 987. The first-order valence-electron chi connectivity index (χ1n) is 32.0. The van der Waals surface area contributed by atoms with Gasteiger partial charge in [0.1, 0.15) is 0 Å². The van der Waals surface area contributed by atoms with E-state index in [1.165, 1.54) is 315 Å². The van der Waals surface area contributed by atoms with E-state index in [9.17, 15) is 20.1 Å². The molecule has 0 bridgehead atoms. The minimum Gasteiger partial charge on any atom is -0.394 e. The van der Waals surface area contributed by atoms with Gasteiger partial charge in [-0.05, 0) is 19.3 Å². The summed E-state index contributed by atoms with van der Waals surface area (Å²) in [5.41, 5.74) is 0. The van der Waals surface area contributed by atoms with Gasteiger partial charge in [0, 0.05) is 0 Å². The molecule has 0 rings (SSSR count). The van der Waals surface area contributed by atoms with Gasteiger partial charge in [0.05, 0.1) is 31.3 Å². The highest BCUT2D eigenvalue weighted by Gasteiger charge is 2.20. The zero-order valence-electron chi connectivity index (χ0n) is 47.2. The standard InChI is InChI=1S/C64H127NO4/c1-3-5-7-9-11-13-15-17-19-21-23-25-27-29-30-31-32-33-34-35-37-39-41-43-45-47-49-51-53-55-57-61(67)59-64(69)65-62(60-66)63(68)58-56-54-52-50-48-46-44-42-40-38-36-28-26-24-22-20-18-16-14-12-10-8-6-4-2/h56,58,61-63,66-68H,3-55,57,59-60H2,1-2H3,(H,65,69)/b58-56+. The number of carbonyl (C=O) groups is 1. The van der Waals surface area contributed by atoms with Crippen LogP contribution in [0.3, 0.4) is 0 Å². The molecule has 1 amide bonds. The van der Waals surface area contributed by atoms with E-state index < -0.39 is 18.2 Å². The summed E-state index contributed by atoms with van der Waals surface area (Å²) in [5, 5.41) is 33.6. The number of hydrogen-bond acceptors (Lipinski definition) is 4. The lowest BCUT2D eigenvalue weighted by molar-refractivity contribution is -0.124. The monoisotopic (exact) mass is 974 g/mol. The van der Waals surface area contributed by atoms with E-state index in [1.807, 2.05) is 6.08 Å². The predicted molar refractivity (Wildman–Crippen MR) is 305 cm³/mol. The Morgan fingerprint density at radius 3 is 0.841 bits per heavy atom. The van der Waals surface area contributed by atoms with Crippen LogP contribution < -0.4 is 5.32 Å². The van der Waals surface area contributed by atoms with Gasteiger partial charge in [-0.1, -0.05) is 353 Å². The highest BCUT2D eigenvalue weighted by Crippen LogP contribution is 2.19. The van der Waals surface area contributed by atoms with Crippen LogP contribution in [-0.2, 0) is 4.79 Å². The van der Waals surface area contributed by atoms with Crippen LogP contribution >= 0.6 is 0 Å². The Labute approximate surface area is 433 Å². The van der Waals surface area contributed by atoms with E-state index in [-0.39, 0.29) is 18.9 Å². The van der Waals surface area contributed by atoms with Gasteiger partial charge in [0.15, 0.2) is 0 Å². The van der Waals surface area contributed by atoms with Gasteiger partial charge >= 0.3 is 0 Å². The molecule has 412 valence electrons. The highest BCUT2D eigenvalue weighted by atomic mass is 16.3. The van der Waals surface area contributed by atoms with Crippen LogP contribution in [0.15, 0.2) is 12.2 Å². The van der Waals surface area contributed by atoms with Crippen molar-refractivity contribution < 1.29 is 20.1 Å². The van der Waals surface area contributed by atoms with E-state index in [4.69, 9.17) is 0 Å². The fraction of sp³-hybridized carbons (Fsp3) is 0.953. The third kappa shape index (κ3) is 56.2. The van der Waals surface area contributed by atoms with Crippen LogP contribution in [0.4, 0.5) is 0 Å². The lowest BCUT2D eigenvalue weighted by Crippen LogP contribution is -2.45. The van der Waals surface area contributed by atoms with Crippen LogP contribution in [0.1, 0.15) is 367 Å². The molecular weight excluding hydrogens is 847 g/mol. The molecule has 0 fully saturated rings. The molecule has 0 aromatic rings. The quantitative estimate of drug-likeness (QED) is 0.0361. The third-order valence-corrected chi connectivity index (χ3v) is 15.3. The Kier molecular flexibility index (Phi) is 58.9. The lowest BCUT2D eigenvalue weighted by Gasteiger charge is -2.21. The Hall–Kier alpha value is -0.910. The van der Waals surface area contributed by atoms with Gasteiger partial charge in [0.25, 0.3) is 0 Å². The van der Waals surface area contributed by atoms with Crippen LogP contribution in [0.2, 0.25) is 0 Å². The maximum Gasteiger partial charge on any atom is 0.222 e. The first kappa shape index (κ1) is 68.1. The number of carbonyl (C=O) groups excluding carboxylic acids is 1. The van der Waals surface area contributed by atoms with E-state index >= 15 is 0 Å². The molecule has 0 aliphatic carbocycles. The molecule has 0 aliphatic rings. The van der Waals surface area contributed by atoms with Crippen LogP contribution in [0.5, 0.6) is 0 Å². The van der Waals surface area contributed by atoms with E-state index in [1.54, 1.807) is 6.08 Å². The van der Waals surface area contributed by atoms with Crippen molar-refractivity contribution in [3.05, 3.63) is 12.2 Å².